The van der Waals surface area contributed by atoms with E-state index in [9.17, 15) is 9.59 Å². The number of fused-ring (bicyclic) bond motifs is 1. The molecule has 0 atom stereocenters. The number of rotatable bonds is 8. The van der Waals surface area contributed by atoms with Crippen molar-refractivity contribution in [3.63, 3.8) is 0 Å². The molecule has 1 saturated heterocycles. The summed E-state index contributed by atoms with van der Waals surface area (Å²) in [6.45, 7) is 7.26. The monoisotopic (exact) mass is 508 g/mol. The normalized spacial score (nSPS) is 13.9. The summed E-state index contributed by atoms with van der Waals surface area (Å²) >= 11 is 5.79. The second-order valence-electron chi connectivity index (χ2n) is 8.91. The van der Waals surface area contributed by atoms with E-state index in [0.29, 0.717) is 35.0 Å². The Morgan fingerprint density at radius 2 is 1.97 bits per heavy atom. The van der Waals surface area contributed by atoms with Gasteiger partial charge in [-0.05, 0) is 61.3 Å². The molecule has 2 N–H and O–H groups in total. The Bertz CT molecular complexity index is 1290. The van der Waals surface area contributed by atoms with Crippen LogP contribution in [0.5, 0.6) is 0 Å². The molecule has 0 spiro atoms. The Hall–Kier alpha value is -3.27. The lowest BCUT2D eigenvalue weighted by Crippen LogP contribution is -2.40. The van der Waals surface area contributed by atoms with Crippen LogP contribution in [0.15, 0.2) is 53.3 Å². The number of benzene rings is 2. The molecule has 1 aliphatic heterocycles. The lowest BCUT2D eigenvalue weighted by molar-refractivity contribution is 0.0367. The molecule has 8 nitrogen and oxygen atoms in total. The molecule has 2 heterocycles. The number of nitrogens with zero attached hydrogens (tertiary/aromatic N) is 2. The number of carbonyl (C=O) groups excluding carboxylic acids is 1. The molecule has 3 aromatic rings. The van der Waals surface area contributed by atoms with Crippen molar-refractivity contribution >= 4 is 39.9 Å². The maximum absolute atomic E-state index is 12.9. The molecule has 4 rings (SSSR count). The van der Waals surface area contributed by atoms with Crippen molar-refractivity contribution in [1.29, 1.82) is 0 Å². The van der Waals surface area contributed by atoms with Crippen LogP contribution in [0, 0.1) is 6.92 Å². The summed E-state index contributed by atoms with van der Waals surface area (Å²) in [7, 11) is 1.35. The first-order valence-corrected chi connectivity index (χ1v) is 12.5. The van der Waals surface area contributed by atoms with Gasteiger partial charge < -0.3 is 24.7 Å². The number of aryl methyl sites for hydroxylation is 1. The maximum Gasteiger partial charge on any atom is 0.339 e. The van der Waals surface area contributed by atoms with Gasteiger partial charge in [-0.2, -0.15) is 0 Å². The molecule has 0 amide bonds. The van der Waals surface area contributed by atoms with E-state index in [2.05, 4.69) is 21.3 Å². The zero-order chi connectivity index (χ0) is 25.5. The van der Waals surface area contributed by atoms with E-state index in [1.54, 1.807) is 18.2 Å². The number of para-hydroxylation sites is 1. The van der Waals surface area contributed by atoms with Crippen LogP contribution in [0.3, 0.4) is 0 Å². The summed E-state index contributed by atoms with van der Waals surface area (Å²) < 4.78 is 10.4. The van der Waals surface area contributed by atoms with Gasteiger partial charge in [0.1, 0.15) is 0 Å². The summed E-state index contributed by atoms with van der Waals surface area (Å²) in [5.41, 5.74) is 3.39. The summed E-state index contributed by atoms with van der Waals surface area (Å²) in [5.74, 6) is -0.443. The molecule has 9 heteroatoms. The first-order chi connectivity index (χ1) is 17.4. The minimum atomic E-state index is -0.443. The largest absolute Gasteiger partial charge is 0.465 e. The van der Waals surface area contributed by atoms with E-state index in [1.165, 1.54) is 7.11 Å². The first-order valence-electron chi connectivity index (χ1n) is 12.1. The maximum atomic E-state index is 12.9. The Kier molecular flexibility index (Phi) is 8.69. The number of ether oxygens (including phenoxy) is 2. The molecule has 1 aliphatic rings. The van der Waals surface area contributed by atoms with Gasteiger partial charge in [-0.15, -0.1) is 0 Å². The average Bonchev–Trinajstić information content (AvgIpc) is 2.89. The minimum Gasteiger partial charge on any atom is -0.465 e. The van der Waals surface area contributed by atoms with E-state index < -0.39 is 5.97 Å². The van der Waals surface area contributed by atoms with Crippen LogP contribution in [-0.2, 0) is 16.0 Å². The zero-order valence-electron chi connectivity index (χ0n) is 20.7. The van der Waals surface area contributed by atoms with Gasteiger partial charge in [-0.25, -0.2) is 4.79 Å². The molecule has 0 aliphatic carbocycles. The third-order valence-corrected chi connectivity index (χ3v) is 6.67. The van der Waals surface area contributed by atoms with Gasteiger partial charge in [-0.1, -0.05) is 23.8 Å². The van der Waals surface area contributed by atoms with Crippen molar-refractivity contribution in [2.75, 3.05) is 51.8 Å². The predicted molar refractivity (Wildman–Crippen MR) is 146 cm³/mol. The molecule has 1 fully saturated rings. The number of aromatic nitrogens is 1. The fourth-order valence-electron chi connectivity index (χ4n) is 4.33. The molecule has 0 bridgehead atoms. The van der Waals surface area contributed by atoms with Crippen LogP contribution in [0.1, 0.15) is 27.9 Å². The molecule has 36 heavy (non-hydrogen) atoms. The zero-order valence-corrected chi connectivity index (χ0v) is 21.5. The number of hydrogen-bond donors (Lipinski definition) is 2. The Balaban J connectivity index is 1.56. The Morgan fingerprint density at radius 3 is 2.75 bits per heavy atom. The van der Waals surface area contributed by atoms with Gasteiger partial charge in [0.15, 0.2) is 5.11 Å². The highest BCUT2D eigenvalue weighted by Gasteiger charge is 2.18. The number of aromatic amines is 1. The van der Waals surface area contributed by atoms with Gasteiger partial charge in [0.25, 0.3) is 5.56 Å². The fraction of sp³-hybridized carbons (Fsp3) is 0.370. The Labute approximate surface area is 216 Å². The van der Waals surface area contributed by atoms with Crippen molar-refractivity contribution in [3.05, 3.63) is 75.6 Å². The van der Waals surface area contributed by atoms with Crippen LogP contribution in [-0.4, -0.2) is 72.4 Å². The van der Waals surface area contributed by atoms with E-state index in [0.717, 1.165) is 55.7 Å². The molecule has 1 aromatic heterocycles. The van der Waals surface area contributed by atoms with Crippen LogP contribution >= 0.6 is 12.2 Å². The van der Waals surface area contributed by atoms with Crippen LogP contribution < -0.4 is 10.9 Å². The van der Waals surface area contributed by atoms with E-state index in [1.807, 2.05) is 36.1 Å². The van der Waals surface area contributed by atoms with Gasteiger partial charge in [-0.3, -0.25) is 9.69 Å². The number of anilines is 1. The summed E-state index contributed by atoms with van der Waals surface area (Å²) in [6, 6.07) is 15.0. The van der Waals surface area contributed by atoms with Gasteiger partial charge in [0.2, 0.25) is 0 Å². The van der Waals surface area contributed by atoms with Crippen molar-refractivity contribution < 1.29 is 14.3 Å². The molecule has 0 radical (unpaired) electrons. The third-order valence-electron chi connectivity index (χ3n) is 6.31. The standard InChI is InChI=1S/C27H32N4O4S/c1-19-8-9-23-20(16-19)17-21(25(32)28-23)18-31(11-5-10-30-12-14-35-15-13-30)27(36)29-24-7-4-3-6-22(24)26(33)34-2/h3-4,6-9,16-17H,5,10-15,18H2,1-2H3,(H,28,32)(H,29,36). The number of nitrogens with one attached hydrogen (secondary N) is 2. The smallest absolute Gasteiger partial charge is 0.339 e. The van der Waals surface area contributed by atoms with Crippen LogP contribution in [0.25, 0.3) is 10.9 Å². The summed E-state index contributed by atoms with van der Waals surface area (Å²) in [4.78, 5) is 32.5. The minimum absolute atomic E-state index is 0.137. The highest BCUT2D eigenvalue weighted by Crippen LogP contribution is 2.19. The molecule has 190 valence electrons. The third kappa shape index (κ3) is 6.48. The number of hydrogen-bond acceptors (Lipinski definition) is 6. The number of pyridine rings is 1. The highest BCUT2D eigenvalue weighted by atomic mass is 32.1. The van der Waals surface area contributed by atoms with Gasteiger partial charge in [0.05, 0.1) is 38.1 Å². The van der Waals surface area contributed by atoms with E-state index in [4.69, 9.17) is 21.7 Å². The lowest BCUT2D eigenvalue weighted by Gasteiger charge is -2.29. The second kappa shape index (κ2) is 12.1. The number of morpholine rings is 1. The number of carbonyl (C=O) groups is 1. The van der Waals surface area contributed by atoms with E-state index >= 15 is 0 Å². The van der Waals surface area contributed by atoms with Crippen LogP contribution in [0.2, 0.25) is 0 Å². The molecular weight excluding hydrogens is 476 g/mol. The molecule has 0 unspecified atom stereocenters. The summed E-state index contributed by atoms with van der Waals surface area (Å²) in [6.07, 6.45) is 0.866. The lowest BCUT2D eigenvalue weighted by atomic mass is 10.1. The van der Waals surface area contributed by atoms with Crippen molar-refractivity contribution in [3.8, 4) is 0 Å². The van der Waals surface area contributed by atoms with Crippen molar-refractivity contribution in [1.82, 2.24) is 14.8 Å². The number of esters is 1. The quantitative estimate of drug-likeness (QED) is 0.353. The number of methoxy groups -OCH3 is 1. The topological polar surface area (TPSA) is 86.9 Å². The van der Waals surface area contributed by atoms with Gasteiger partial charge >= 0.3 is 5.97 Å². The molecule has 2 aromatic carbocycles. The van der Waals surface area contributed by atoms with E-state index in [-0.39, 0.29) is 5.56 Å². The number of thiocarbonyl (C=S) groups is 1. The van der Waals surface area contributed by atoms with Crippen molar-refractivity contribution in [2.45, 2.75) is 19.9 Å². The molecule has 0 saturated carbocycles. The number of H-pyrrole nitrogens is 1. The summed E-state index contributed by atoms with van der Waals surface area (Å²) in [5, 5.41) is 4.63. The second-order valence-corrected chi connectivity index (χ2v) is 9.30. The van der Waals surface area contributed by atoms with Crippen LogP contribution in [0.4, 0.5) is 5.69 Å². The predicted octanol–water partition coefficient (Wildman–Crippen LogP) is 3.54. The highest BCUT2D eigenvalue weighted by molar-refractivity contribution is 7.80. The van der Waals surface area contributed by atoms with Crippen molar-refractivity contribution in [2.24, 2.45) is 0 Å². The van der Waals surface area contributed by atoms with Gasteiger partial charge in [0, 0.05) is 37.3 Å². The fourth-order valence-corrected chi connectivity index (χ4v) is 4.60. The Morgan fingerprint density at radius 1 is 1.19 bits per heavy atom. The molecular formula is C27H32N4O4S. The average molecular weight is 509 g/mol. The first kappa shape index (κ1) is 25.8. The SMILES string of the molecule is COC(=O)c1ccccc1NC(=S)N(CCCN1CCOCC1)Cc1cc2cc(C)ccc2[nH]c1=O.